The molecule has 0 amide bonds. The Morgan fingerprint density at radius 1 is 1.38 bits per heavy atom. The molecule has 5 nitrogen and oxygen atoms in total. The molecular formula is C19H26N2O3. The fraction of sp³-hybridized carbons (Fsp3) is 0.526. The second-order valence-corrected chi connectivity index (χ2v) is 6.67. The van der Waals surface area contributed by atoms with Gasteiger partial charge in [0.15, 0.2) is 11.5 Å². The van der Waals surface area contributed by atoms with E-state index in [2.05, 4.69) is 30.0 Å². The Morgan fingerprint density at radius 2 is 2.21 bits per heavy atom. The van der Waals surface area contributed by atoms with Gasteiger partial charge in [0.2, 0.25) is 0 Å². The van der Waals surface area contributed by atoms with Crippen molar-refractivity contribution in [3.63, 3.8) is 0 Å². The van der Waals surface area contributed by atoms with E-state index in [1.54, 1.807) is 6.07 Å². The predicted octanol–water partition coefficient (Wildman–Crippen LogP) is 4.24. The molecule has 0 bridgehead atoms. The molecule has 1 aromatic carbocycles. The van der Waals surface area contributed by atoms with E-state index in [9.17, 15) is 5.11 Å². The normalized spacial score (nSPS) is 18.4. The fourth-order valence-corrected chi connectivity index (χ4v) is 3.25. The van der Waals surface area contributed by atoms with Crippen molar-refractivity contribution in [2.24, 2.45) is 0 Å². The highest BCUT2D eigenvalue weighted by Crippen LogP contribution is 2.35. The first-order valence-corrected chi connectivity index (χ1v) is 8.73. The van der Waals surface area contributed by atoms with Crippen LogP contribution >= 0.6 is 0 Å². The van der Waals surface area contributed by atoms with E-state index in [-0.39, 0.29) is 5.75 Å². The van der Waals surface area contributed by atoms with E-state index in [0.29, 0.717) is 24.3 Å². The molecule has 1 aromatic heterocycles. The first-order chi connectivity index (χ1) is 11.6. The summed E-state index contributed by atoms with van der Waals surface area (Å²) in [6.45, 7) is 8.54. The third kappa shape index (κ3) is 3.56. The number of likely N-dealkylation sites (tertiary alicyclic amines) is 1. The Labute approximate surface area is 143 Å². The van der Waals surface area contributed by atoms with Crippen molar-refractivity contribution in [1.29, 1.82) is 0 Å². The number of nitrogens with zero attached hydrogens (tertiary/aromatic N) is 2. The topological polar surface area (TPSA) is 58.7 Å². The van der Waals surface area contributed by atoms with Crippen LogP contribution in [0.15, 0.2) is 28.8 Å². The van der Waals surface area contributed by atoms with Crippen LogP contribution in [0.25, 0.3) is 0 Å². The van der Waals surface area contributed by atoms with E-state index in [1.165, 1.54) is 0 Å². The van der Waals surface area contributed by atoms with Crippen LogP contribution in [0.2, 0.25) is 0 Å². The van der Waals surface area contributed by atoms with Crippen molar-refractivity contribution in [2.75, 3.05) is 13.2 Å². The predicted molar refractivity (Wildman–Crippen MR) is 92.3 cm³/mol. The number of phenols is 1. The minimum absolute atomic E-state index is 0.191. The summed E-state index contributed by atoms with van der Waals surface area (Å²) in [7, 11) is 0. The number of hydrogen-bond acceptors (Lipinski definition) is 5. The quantitative estimate of drug-likeness (QED) is 0.858. The third-order valence-corrected chi connectivity index (χ3v) is 4.53. The van der Waals surface area contributed by atoms with Crippen molar-refractivity contribution < 1.29 is 14.4 Å². The van der Waals surface area contributed by atoms with Gasteiger partial charge in [-0.05, 0) is 44.0 Å². The Hall–Kier alpha value is -2.01. The van der Waals surface area contributed by atoms with Crippen LogP contribution < -0.4 is 4.74 Å². The van der Waals surface area contributed by atoms with Crippen LogP contribution in [-0.2, 0) is 6.54 Å². The van der Waals surface area contributed by atoms with Crippen LogP contribution in [0.4, 0.5) is 0 Å². The zero-order valence-corrected chi connectivity index (χ0v) is 14.7. The Morgan fingerprint density at radius 3 is 2.92 bits per heavy atom. The number of phenolic OH excluding ortho intramolecular Hbond substituents is 1. The fourth-order valence-electron chi connectivity index (χ4n) is 3.25. The molecule has 0 saturated carbocycles. The van der Waals surface area contributed by atoms with E-state index in [4.69, 9.17) is 9.26 Å². The van der Waals surface area contributed by atoms with E-state index < -0.39 is 0 Å². The Kier molecular flexibility index (Phi) is 5.09. The number of benzene rings is 1. The van der Waals surface area contributed by atoms with Crippen LogP contribution in [0, 0.1) is 0 Å². The molecule has 130 valence electrons. The van der Waals surface area contributed by atoms with Crippen molar-refractivity contribution in [3.05, 3.63) is 41.3 Å². The summed E-state index contributed by atoms with van der Waals surface area (Å²) in [5.74, 6) is 2.04. The lowest BCUT2D eigenvalue weighted by Crippen LogP contribution is -2.23. The molecule has 1 saturated heterocycles. The van der Waals surface area contributed by atoms with Crippen LogP contribution in [-0.4, -0.2) is 28.3 Å². The molecule has 1 aliphatic rings. The first-order valence-electron chi connectivity index (χ1n) is 8.73. The summed E-state index contributed by atoms with van der Waals surface area (Å²) >= 11 is 0. The standard InChI is InChI=1S/C19H26N2O3/c1-4-23-19-10-14(7-8-17(19)22)12-21-9-5-6-16(21)15-11-18(13(2)3)24-20-15/h7-8,10-11,13,16,22H,4-6,9,12H2,1-3H3. The number of hydrogen-bond donors (Lipinski definition) is 1. The summed E-state index contributed by atoms with van der Waals surface area (Å²) in [6, 6.07) is 7.98. The van der Waals surface area contributed by atoms with Crippen molar-refractivity contribution in [2.45, 2.75) is 52.1 Å². The van der Waals surface area contributed by atoms with Crippen molar-refractivity contribution in [3.8, 4) is 11.5 Å². The molecule has 0 spiro atoms. The molecule has 0 radical (unpaired) electrons. The highest BCUT2D eigenvalue weighted by Gasteiger charge is 2.29. The van der Waals surface area contributed by atoms with Gasteiger partial charge in [-0.1, -0.05) is 25.1 Å². The SMILES string of the molecule is CCOc1cc(CN2CCCC2c2cc(C(C)C)on2)ccc1O. The lowest BCUT2D eigenvalue weighted by Gasteiger charge is -2.23. The molecule has 0 aliphatic carbocycles. The zero-order chi connectivity index (χ0) is 17.1. The van der Waals surface area contributed by atoms with Crippen LogP contribution in [0.3, 0.4) is 0 Å². The molecule has 2 aromatic rings. The molecule has 1 atom stereocenters. The molecule has 2 heterocycles. The van der Waals surface area contributed by atoms with Gasteiger partial charge in [0.05, 0.1) is 12.6 Å². The molecule has 1 N–H and O–H groups in total. The lowest BCUT2D eigenvalue weighted by molar-refractivity contribution is 0.235. The molecule has 1 unspecified atom stereocenters. The summed E-state index contributed by atoms with van der Waals surface area (Å²) in [5.41, 5.74) is 2.16. The number of aromatic hydroxyl groups is 1. The Bertz CT molecular complexity index is 681. The van der Waals surface area contributed by atoms with Crippen LogP contribution in [0.5, 0.6) is 11.5 Å². The summed E-state index contributed by atoms with van der Waals surface area (Å²) in [4.78, 5) is 2.42. The highest BCUT2D eigenvalue weighted by atomic mass is 16.5. The second-order valence-electron chi connectivity index (χ2n) is 6.67. The van der Waals surface area contributed by atoms with Gasteiger partial charge >= 0.3 is 0 Å². The van der Waals surface area contributed by atoms with Gasteiger partial charge in [0, 0.05) is 18.5 Å². The average molecular weight is 330 g/mol. The Balaban J connectivity index is 1.75. The van der Waals surface area contributed by atoms with Gasteiger partial charge in [0.25, 0.3) is 0 Å². The maximum Gasteiger partial charge on any atom is 0.161 e. The minimum atomic E-state index is 0.191. The van der Waals surface area contributed by atoms with Crippen molar-refractivity contribution in [1.82, 2.24) is 10.1 Å². The van der Waals surface area contributed by atoms with Gasteiger partial charge in [-0.15, -0.1) is 0 Å². The molecule has 24 heavy (non-hydrogen) atoms. The maximum atomic E-state index is 9.85. The number of ether oxygens (including phenoxy) is 1. The lowest BCUT2D eigenvalue weighted by atomic mass is 10.1. The number of rotatable bonds is 6. The minimum Gasteiger partial charge on any atom is -0.504 e. The molecule has 1 aliphatic heterocycles. The van der Waals surface area contributed by atoms with Gasteiger partial charge in [-0.25, -0.2) is 0 Å². The van der Waals surface area contributed by atoms with E-state index in [1.807, 2.05) is 19.1 Å². The average Bonchev–Trinajstić information content (AvgIpc) is 3.19. The summed E-state index contributed by atoms with van der Waals surface area (Å²) in [5, 5.41) is 14.1. The van der Waals surface area contributed by atoms with Gasteiger partial charge < -0.3 is 14.4 Å². The highest BCUT2D eigenvalue weighted by molar-refractivity contribution is 5.41. The van der Waals surface area contributed by atoms with Crippen LogP contribution in [0.1, 0.15) is 62.6 Å². The van der Waals surface area contributed by atoms with Crippen molar-refractivity contribution >= 4 is 0 Å². The number of aromatic nitrogens is 1. The first kappa shape index (κ1) is 16.8. The summed E-state index contributed by atoms with van der Waals surface area (Å²) < 4.78 is 11.0. The molecule has 3 rings (SSSR count). The monoisotopic (exact) mass is 330 g/mol. The van der Waals surface area contributed by atoms with E-state index >= 15 is 0 Å². The summed E-state index contributed by atoms with van der Waals surface area (Å²) in [6.07, 6.45) is 2.26. The zero-order valence-electron chi connectivity index (χ0n) is 14.7. The molecular weight excluding hydrogens is 304 g/mol. The maximum absolute atomic E-state index is 9.85. The van der Waals surface area contributed by atoms with Gasteiger partial charge in [-0.2, -0.15) is 0 Å². The van der Waals surface area contributed by atoms with E-state index in [0.717, 1.165) is 42.9 Å². The molecule has 1 fully saturated rings. The molecule has 5 heteroatoms. The second kappa shape index (κ2) is 7.26. The largest absolute Gasteiger partial charge is 0.504 e. The smallest absolute Gasteiger partial charge is 0.161 e. The van der Waals surface area contributed by atoms with Gasteiger partial charge in [-0.3, -0.25) is 4.90 Å². The van der Waals surface area contributed by atoms with Gasteiger partial charge in [0.1, 0.15) is 11.5 Å². The third-order valence-electron chi connectivity index (χ3n) is 4.53.